The van der Waals surface area contributed by atoms with Gasteiger partial charge in [0.2, 0.25) is 5.82 Å². The molecule has 1 N–H and O–H groups in total. The minimum Gasteiger partial charge on any atom is -0.351 e. The van der Waals surface area contributed by atoms with Crippen LogP contribution in [0.4, 0.5) is 0 Å². The molecule has 5 nitrogen and oxygen atoms in total. The van der Waals surface area contributed by atoms with Crippen molar-refractivity contribution in [1.82, 2.24) is 20.4 Å². The minimum atomic E-state index is -0.136. The van der Waals surface area contributed by atoms with Gasteiger partial charge in [-0.05, 0) is 38.0 Å². The second kappa shape index (κ2) is 8.79. The van der Waals surface area contributed by atoms with Crippen molar-refractivity contribution in [3.63, 3.8) is 0 Å². The molecular weight excluding hydrogens is 392 g/mol. The summed E-state index contributed by atoms with van der Waals surface area (Å²) >= 11 is 5.71. The Morgan fingerprint density at radius 3 is 2.50 bits per heavy atom. The lowest BCUT2D eigenvalue weighted by molar-refractivity contribution is 0.395. The fraction of sp³-hybridized carbons (Fsp3) is 0.292. The molecule has 0 spiro atoms. The fourth-order valence-electron chi connectivity index (χ4n) is 3.69. The molecule has 0 radical (unpaired) electrons. The number of aryl methyl sites for hydroxylation is 1. The monoisotopic (exact) mass is 418 g/mol. The Bertz CT molecular complexity index is 1060. The van der Waals surface area contributed by atoms with E-state index in [1.165, 1.54) is 5.56 Å². The zero-order valence-electron chi connectivity index (χ0n) is 17.6. The van der Waals surface area contributed by atoms with Crippen LogP contribution in [0.1, 0.15) is 49.7 Å². The van der Waals surface area contributed by atoms with E-state index in [1.807, 2.05) is 30.3 Å². The lowest BCUT2D eigenvalue weighted by Gasteiger charge is -2.37. The van der Waals surface area contributed by atoms with Gasteiger partial charge in [0.1, 0.15) is 0 Å². The standard InChI is InChI=1S/C24H26N4OS/c1-4-5-15-28-17(3)20(21(25-24(28)30)18-9-7-6-8-10-18)23-26-22(27-29-23)19-13-11-16(2)12-14-19/h6-14,21H,4-5,15H2,1-3H3,(H,25,30). The number of unbranched alkanes of at least 4 members (excludes halogenated alkanes) is 1. The summed E-state index contributed by atoms with van der Waals surface area (Å²) in [6, 6.07) is 18.2. The van der Waals surface area contributed by atoms with Gasteiger partial charge in [0.25, 0.3) is 5.89 Å². The summed E-state index contributed by atoms with van der Waals surface area (Å²) in [5, 5.41) is 8.49. The Morgan fingerprint density at radius 2 is 1.80 bits per heavy atom. The zero-order valence-corrected chi connectivity index (χ0v) is 18.4. The molecule has 0 amide bonds. The third-order valence-electron chi connectivity index (χ3n) is 5.43. The first-order chi connectivity index (χ1) is 14.6. The van der Waals surface area contributed by atoms with Crippen LogP contribution in [0.25, 0.3) is 17.0 Å². The molecular formula is C24H26N4OS. The number of rotatable bonds is 6. The van der Waals surface area contributed by atoms with Gasteiger partial charge in [-0.2, -0.15) is 4.98 Å². The van der Waals surface area contributed by atoms with Crippen molar-refractivity contribution < 1.29 is 4.52 Å². The van der Waals surface area contributed by atoms with E-state index in [4.69, 9.17) is 21.7 Å². The summed E-state index contributed by atoms with van der Waals surface area (Å²) in [4.78, 5) is 6.90. The molecule has 2 heterocycles. The molecule has 4 rings (SSSR count). The van der Waals surface area contributed by atoms with Gasteiger partial charge in [0.15, 0.2) is 5.11 Å². The second-order valence-corrected chi connectivity index (χ2v) is 7.97. The van der Waals surface area contributed by atoms with Gasteiger partial charge in [-0.1, -0.05) is 78.7 Å². The average Bonchev–Trinajstić information content (AvgIpc) is 3.24. The molecule has 3 aromatic rings. The Hall–Kier alpha value is -2.99. The van der Waals surface area contributed by atoms with Crippen LogP contribution in [0.3, 0.4) is 0 Å². The van der Waals surface area contributed by atoms with Gasteiger partial charge in [-0.3, -0.25) is 0 Å². The van der Waals surface area contributed by atoms with Crippen LogP contribution in [0.2, 0.25) is 0 Å². The highest BCUT2D eigenvalue weighted by molar-refractivity contribution is 7.80. The van der Waals surface area contributed by atoms with Gasteiger partial charge in [0, 0.05) is 17.8 Å². The van der Waals surface area contributed by atoms with Crippen LogP contribution < -0.4 is 5.32 Å². The van der Waals surface area contributed by atoms with Gasteiger partial charge in [0.05, 0.1) is 11.6 Å². The van der Waals surface area contributed by atoms with Gasteiger partial charge in [-0.25, -0.2) is 0 Å². The largest absolute Gasteiger partial charge is 0.351 e. The average molecular weight is 419 g/mol. The van der Waals surface area contributed by atoms with Crippen molar-refractivity contribution in [1.29, 1.82) is 0 Å². The van der Waals surface area contributed by atoms with E-state index >= 15 is 0 Å². The molecule has 0 saturated carbocycles. The van der Waals surface area contributed by atoms with Crippen molar-refractivity contribution in [2.24, 2.45) is 0 Å². The Kier molecular flexibility index (Phi) is 5.95. The van der Waals surface area contributed by atoms with Crippen LogP contribution in [0.15, 0.2) is 64.8 Å². The van der Waals surface area contributed by atoms with Crippen LogP contribution in [-0.2, 0) is 0 Å². The van der Waals surface area contributed by atoms with Gasteiger partial charge in [-0.15, -0.1) is 0 Å². The molecule has 6 heteroatoms. The van der Waals surface area contributed by atoms with Crippen LogP contribution in [0.5, 0.6) is 0 Å². The highest BCUT2D eigenvalue weighted by Crippen LogP contribution is 2.37. The number of allylic oxidation sites excluding steroid dienone is 1. The van der Waals surface area contributed by atoms with Crippen molar-refractivity contribution >= 4 is 22.9 Å². The minimum absolute atomic E-state index is 0.136. The SMILES string of the molecule is CCCCN1C(=S)NC(c2ccccc2)C(c2nc(-c3ccc(C)cc3)no2)=C1C. The van der Waals surface area contributed by atoms with E-state index in [9.17, 15) is 0 Å². The number of hydrogen-bond acceptors (Lipinski definition) is 4. The summed E-state index contributed by atoms with van der Waals surface area (Å²) in [6.07, 6.45) is 2.16. The molecule has 30 heavy (non-hydrogen) atoms. The Labute approximate surface area is 182 Å². The number of benzene rings is 2. The fourth-order valence-corrected chi connectivity index (χ4v) is 4.04. The van der Waals surface area contributed by atoms with Crippen molar-refractivity contribution in [2.45, 2.75) is 39.7 Å². The van der Waals surface area contributed by atoms with E-state index in [0.29, 0.717) is 11.7 Å². The number of hydrogen-bond donors (Lipinski definition) is 1. The molecule has 1 aliphatic rings. The maximum Gasteiger partial charge on any atom is 0.258 e. The van der Waals surface area contributed by atoms with E-state index in [-0.39, 0.29) is 6.04 Å². The van der Waals surface area contributed by atoms with E-state index in [1.54, 1.807) is 0 Å². The first kappa shape index (κ1) is 20.3. The molecule has 0 aliphatic carbocycles. The first-order valence-electron chi connectivity index (χ1n) is 10.3. The molecule has 0 fully saturated rings. The molecule has 1 atom stereocenters. The molecule has 1 aromatic heterocycles. The van der Waals surface area contributed by atoms with Crippen LogP contribution in [-0.4, -0.2) is 26.7 Å². The Morgan fingerprint density at radius 1 is 1.07 bits per heavy atom. The zero-order chi connectivity index (χ0) is 21.1. The normalized spacial score (nSPS) is 16.7. The van der Waals surface area contributed by atoms with Crippen LogP contribution >= 0.6 is 12.2 Å². The first-order valence-corrected chi connectivity index (χ1v) is 10.7. The van der Waals surface area contributed by atoms with Crippen molar-refractivity contribution in [2.75, 3.05) is 6.54 Å². The summed E-state index contributed by atoms with van der Waals surface area (Å²) in [7, 11) is 0. The molecule has 0 saturated heterocycles. The molecule has 0 bridgehead atoms. The highest BCUT2D eigenvalue weighted by atomic mass is 32.1. The van der Waals surface area contributed by atoms with E-state index < -0.39 is 0 Å². The molecule has 154 valence electrons. The lowest BCUT2D eigenvalue weighted by Crippen LogP contribution is -2.46. The highest BCUT2D eigenvalue weighted by Gasteiger charge is 2.33. The van der Waals surface area contributed by atoms with Gasteiger partial charge >= 0.3 is 0 Å². The third kappa shape index (κ3) is 4.00. The summed E-state index contributed by atoms with van der Waals surface area (Å²) in [5.74, 6) is 1.11. The maximum atomic E-state index is 5.77. The predicted molar refractivity (Wildman–Crippen MR) is 124 cm³/mol. The quantitative estimate of drug-likeness (QED) is 0.533. The third-order valence-corrected chi connectivity index (χ3v) is 5.77. The summed E-state index contributed by atoms with van der Waals surface area (Å²) in [5.41, 5.74) is 5.27. The lowest BCUT2D eigenvalue weighted by atomic mass is 9.95. The number of nitrogens with one attached hydrogen (secondary N) is 1. The van der Waals surface area contributed by atoms with E-state index in [2.05, 4.69) is 60.4 Å². The summed E-state index contributed by atoms with van der Waals surface area (Å²) < 4.78 is 5.77. The predicted octanol–water partition coefficient (Wildman–Crippen LogP) is 5.51. The smallest absolute Gasteiger partial charge is 0.258 e. The van der Waals surface area contributed by atoms with Gasteiger partial charge < -0.3 is 14.7 Å². The van der Waals surface area contributed by atoms with E-state index in [0.717, 1.165) is 46.9 Å². The number of aromatic nitrogens is 2. The topological polar surface area (TPSA) is 54.2 Å². The molecule has 1 aliphatic heterocycles. The molecule has 2 aromatic carbocycles. The molecule has 1 unspecified atom stereocenters. The second-order valence-electron chi connectivity index (χ2n) is 7.59. The summed E-state index contributed by atoms with van der Waals surface area (Å²) in [6.45, 7) is 7.19. The Balaban J connectivity index is 1.78. The van der Waals surface area contributed by atoms with Crippen molar-refractivity contribution in [3.05, 3.63) is 77.3 Å². The number of nitrogens with zero attached hydrogens (tertiary/aromatic N) is 3. The van der Waals surface area contributed by atoms with Crippen LogP contribution in [0, 0.1) is 6.92 Å². The number of thiocarbonyl (C=S) groups is 1. The van der Waals surface area contributed by atoms with Crippen molar-refractivity contribution in [3.8, 4) is 11.4 Å². The maximum absolute atomic E-state index is 5.77.